The van der Waals surface area contributed by atoms with Crippen molar-refractivity contribution in [1.29, 1.82) is 0 Å². The number of ether oxygens (including phenoxy) is 2. The minimum absolute atomic E-state index is 0.241. The Morgan fingerprint density at radius 2 is 2.00 bits per heavy atom. The Bertz CT molecular complexity index is 127. The Hall–Kier alpha value is 0.500. The van der Waals surface area contributed by atoms with Crippen molar-refractivity contribution in [3.63, 3.8) is 0 Å². The fraction of sp³-hybridized carbons (Fsp3) is 1.00. The summed E-state index contributed by atoms with van der Waals surface area (Å²) in [5.74, 6) is -0.586. The fourth-order valence-corrected chi connectivity index (χ4v) is 1.14. The first-order valence-electron chi connectivity index (χ1n) is 3.11. The van der Waals surface area contributed by atoms with Crippen LogP contribution < -0.4 is 0 Å². The van der Waals surface area contributed by atoms with Gasteiger partial charge in [-0.1, -0.05) is 11.6 Å². The van der Waals surface area contributed by atoms with Gasteiger partial charge in [0.15, 0.2) is 11.4 Å². The second-order valence-electron chi connectivity index (χ2n) is 2.70. The average molecular weight is 185 g/mol. The highest BCUT2D eigenvalue weighted by Gasteiger charge is 2.33. The molecule has 0 spiro atoms. The zero-order valence-corrected chi connectivity index (χ0v) is 7.45. The van der Waals surface area contributed by atoms with Crippen molar-refractivity contribution < 1.29 is 9.47 Å². The van der Waals surface area contributed by atoms with E-state index in [9.17, 15) is 0 Å². The highest BCUT2D eigenvalue weighted by Crippen LogP contribution is 2.26. The van der Waals surface area contributed by atoms with Gasteiger partial charge in [0.25, 0.3) is 0 Å². The van der Waals surface area contributed by atoms with Gasteiger partial charge in [-0.3, -0.25) is 0 Å². The molecule has 0 aliphatic carbocycles. The van der Waals surface area contributed by atoms with Gasteiger partial charge in [0.1, 0.15) is 0 Å². The normalized spacial score (nSPS) is 39.6. The lowest BCUT2D eigenvalue weighted by Crippen LogP contribution is -2.43. The molecule has 2 nitrogen and oxygen atoms in total. The lowest BCUT2D eigenvalue weighted by atomic mass is 10.3. The second kappa shape index (κ2) is 2.86. The Morgan fingerprint density at radius 3 is 2.40 bits per heavy atom. The zero-order valence-electron chi connectivity index (χ0n) is 5.93. The number of halogens is 2. The van der Waals surface area contributed by atoms with Crippen LogP contribution in [0.15, 0.2) is 0 Å². The minimum atomic E-state index is -0.586. The molecule has 0 bridgehead atoms. The average Bonchev–Trinajstić information content (AvgIpc) is 1.79. The maximum atomic E-state index is 5.72. The number of rotatable bonds is 0. The molecule has 0 saturated carbocycles. The van der Waals surface area contributed by atoms with Crippen LogP contribution in [0.3, 0.4) is 0 Å². The third-order valence-corrected chi connectivity index (χ3v) is 2.15. The van der Waals surface area contributed by atoms with Gasteiger partial charge in [0.2, 0.25) is 0 Å². The van der Waals surface area contributed by atoms with Crippen molar-refractivity contribution in [2.24, 2.45) is 0 Å². The van der Waals surface area contributed by atoms with Crippen molar-refractivity contribution in [2.45, 2.75) is 30.6 Å². The van der Waals surface area contributed by atoms with Gasteiger partial charge in [-0.2, -0.15) is 0 Å². The lowest BCUT2D eigenvalue weighted by molar-refractivity contribution is -0.253. The van der Waals surface area contributed by atoms with E-state index in [4.69, 9.17) is 32.7 Å². The molecule has 60 valence electrons. The van der Waals surface area contributed by atoms with Gasteiger partial charge >= 0.3 is 0 Å². The van der Waals surface area contributed by atoms with E-state index in [2.05, 4.69) is 0 Å². The van der Waals surface area contributed by atoms with Crippen LogP contribution in [-0.2, 0) is 9.47 Å². The van der Waals surface area contributed by atoms with Crippen LogP contribution in [0.4, 0.5) is 0 Å². The monoisotopic (exact) mass is 184 g/mol. The van der Waals surface area contributed by atoms with Crippen molar-refractivity contribution in [2.75, 3.05) is 6.61 Å². The van der Waals surface area contributed by atoms with Gasteiger partial charge in [0, 0.05) is 0 Å². The molecule has 0 aromatic heterocycles. The largest absolute Gasteiger partial charge is 0.349 e. The van der Waals surface area contributed by atoms with Gasteiger partial charge in [-0.15, -0.1) is 11.6 Å². The molecule has 1 rings (SSSR count). The van der Waals surface area contributed by atoms with E-state index in [1.165, 1.54) is 0 Å². The Labute approximate surface area is 70.4 Å². The van der Waals surface area contributed by atoms with Gasteiger partial charge in [0.05, 0.1) is 12.0 Å². The molecule has 1 saturated heterocycles. The van der Waals surface area contributed by atoms with Gasteiger partial charge in [-0.25, -0.2) is 0 Å². The van der Waals surface area contributed by atoms with Crippen molar-refractivity contribution >= 4 is 23.2 Å². The van der Waals surface area contributed by atoms with Crippen LogP contribution in [-0.4, -0.2) is 23.3 Å². The molecule has 0 N–H and O–H groups in total. The molecule has 2 atom stereocenters. The number of hydrogen-bond acceptors (Lipinski definition) is 2. The first-order valence-corrected chi connectivity index (χ1v) is 3.98. The molecular weight excluding hydrogens is 175 g/mol. The molecule has 2 unspecified atom stereocenters. The van der Waals surface area contributed by atoms with Crippen LogP contribution in [0.5, 0.6) is 0 Å². The minimum Gasteiger partial charge on any atom is -0.349 e. The Balaban J connectivity index is 2.49. The van der Waals surface area contributed by atoms with Crippen LogP contribution in [0.1, 0.15) is 13.8 Å². The summed E-state index contributed by atoms with van der Waals surface area (Å²) in [6, 6.07) is 0. The topological polar surface area (TPSA) is 18.5 Å². The predicted molar refractivity (Wildman–Crippen MR) is 40.4 cm³/mol. The summed E-state index contributed by atoms with van der Waals surface area (Å²) in [4.78, 5) is 0. The third kappa shape index (κ3) is 1.99. The standard InChI is InChI=1S/C6H10Cl2O2/c1-6(2)9-3-4(7)5(8)10-6/h4-5H,3H2,1-2H3. The molecule has 1 fully saturated rings. The summed E-state index contributed by atoms with van der Waals surface area (Å²) < 4.78 is 10.4. The van der Waals surface area contributed by atoms with E-state index in [1.54, 1.807) is 0 Å². The number of alkyl halides is 2. The van der Waals surface area contributed by atoms with E-state index in [0.29, 0.717) is 6.61 Å². The molecule has 0 aromatic carbocycles. The van der Waals surface area contributed by atoms with Crippen LogP contribution >= 0.6 is 23.2 Å². The molecule has 4 heteroatoms. The van der Waals surface area contributed by atoms with E-state index >= 15 is 0 Å². The van der Waals surface area contributed by atoms with Crippen molar-refractivity contribution in [3.8, 4) is 0 Å². The molecule has 1 heterocycles. The first-order chi connectivity index (χ1) is 4.51. The zero-order chi connectivity index (χ0) is 7.78. The highest BCUT2D eigenvalue weighted by molar-refractivity contribution is 6.29. The Morgan fingerprint density at radius 1 is 1.40 bits per heavy atom. The fourth-order valence-electron chi connectivity index (χ4n) is 0.735. The highest BCUT2D eigenvalue weighted by atomic mass is 35.5. The lowest BCUT2D eigenvalue weighted by Gasteiger charge is -2.35. The molecule has 0 radical (unpaired) electrons. The quantitative estimate of drug-likeness (QED) is 0.537. The van der Waals surface area contributed by atoms with Crippen molar-refractivity contribution in [3.05, 3.63) is 0 Å². The van der Waals surface area contributed by atoms with Gasteiger partial charge < -0.3 is 9.47 Å². The summed E-state index contributed by atoms with van der Waals surface area (Å²) in [5, 5.41) is -0.241. The Kier molecular flexibility index (Phi) is 2.46. The van der Waals surface area contributed by atoms with Gasteiger partial charge in [-0.05, 0) is 13.8 Å². The molecular formula is C6H10Cl2O2. The SMILES string of the molecule is CC1(C)OCC(Cl)C(Cl)O1. The second-order valence-corrected chi connectivity index (χ2v) is 3.69. The smallest absolute Gasteiger partial charge is 0.164 e. The first kappa shape index (κ1) is 8.60. The summed E-state index contributed by atoms with van der Waals surface area (Å²) in [6.07, 6.45) is 0. The summed E-state index contributed by atoms with van der Waals surface area (Å²) >= 11 is 11.4. The van der Waals surface area contributed by atoms with Crippen LogP contribution in [0, 0.1) is 0 Å². The molecule has 10 heavy (non-hydrogen) atoms. The van der Waals surface area contributed by atoms with E-state index in [1.807, 2.05) is 13.8 Å². The van der Waals surface area contributed by atoms with Crippen molar-refractivity contribution in [1.82, 2.24) is 0 Å². The predicted octanol–water partition coefficient (Wildman–Crippen LogP) is 1.94. The van der Waals surface area contributed by atoms with Crippen LogP contribution in [0.25, 0.3) is 0 Å². The maximum Gasteiger partial charge on any atom is 0.164 e. The number of hydrogen-bond donors (Lipinski definition) is 0. The third-order valence-electron chi connectivity index (χ3n) is 1.27. The molecule has 1 aliphatic heterocycles. The van der Waals surface area contributed by atoms with E-state index < -0.39 is 11.4 Å². The maximum absolute atomic E-state index is 5.72. The molecule has 0 amide bonds. The molecule has 1 aliphatic rings. The molecule has 0 aromatic rings. The van der Waals surface area contributed by atoms with E-state index in [-0.39, 0.29) is 5.38 Å². The van der Waals surface area contributed by atoms with E-state index in [0.717, 1.165) is 0 Å². The van der Waals surface area contributed by atoms with Crippen LogP contribution in [0.2, 0.25) is 0 Å². The summed E-state index contributed by atoms with van der Waals surface area (Å²) in [6.45, 7) is 4.07. The summed E-state index contributed by atoms with van der Waals surface area (Å²) in [7, 11) is 0. The summed E-state index contributed by atoms with van der Waals surface area (Å²) in [5.41, 5.74) is -0.439.